The summed E-state index contributed by atoms with van der Waals surface area (Å²) < 4.78 is 1.03. The minimum absolute atomic E-state index is 0.0535. The monoisotopic (exact) mass is 356 g/mol. The van der Waals surface area contributed by atoms with Crippen molar-refractivity contribution < 1.29 is 9.90 Å². The Morgan fingerprint density at radius 2 is 1.79 bits per heavy atom. The minimum Gasteiger partial charge on any atom is -0.481 e. The Labute approximate surface area is 128 Å². The molecule has 2 aromatic carbocycles. The molecule has 2 rings (SSSR count). The SMILES string of the molecule is O=C(O)Cc1ccc(Sc2ccc(Br)cc2)cc1Cl. The zero-order chi connectivity index (χ0) is 13.8. The number of hydrogen-bond donors (Lipinski definition) is 1. The van der Waals surface area contributed by atoms with Crippen LogP contribution >= 0.6 is 39.3 Å². The van der Waals surface area contributed by atoms with Crippen molar-refractivity contribution in [2.45, 2.75) is 16.2 Å². The van der Waals surface area contributed by atoms with Crippen LogP contribution in [0.5, 0.6) is 0 Å². The lowest BCUT2D eigenvalue weighted by molar-refractivity contribution is -0.136. The molecule has 0 saturated carbocycles. The van der Waals surface area contributed by atoms with Crippen molar-refractivity contribution in [3.63, 3.8) is 0 Å². The highest BCUT2D eigenvalue weighted by atomic mass is 79.9. The third kappa shape index (κ3) is 4.27. The van der Waals surface area contributed by atoms with Gasteiger partial charge in [0.1, 0.15) is 0 Å². The van der Waals surface area contributed by atoms with Crippen LogP contribution in [0.15, 0.2) is 56.7 Å². The molecule has 5 heteroatoms. The zero-order valence-electron chi connectivity index (χ0n) is 9.77. The van der Waals surface area contributed by atoms with Gasteiger partial charge in [0, 0.05) is 19.3 Å². The van der Waals surface area contributed by atoms with Crippen LogP contribution in [0.25, 0.3) is 0 Å². The Kier molecular flexibility index (Phi) is 4.91. The molecule has 0 aliphatic carbocycles. The van der Waals surface area contributed by atoms with E-state index in [1.807, 2.05) is 30.3 Å². The Balaban J connectivity index is 2.15. The fraction of sp³-hybridized carbons (Fsp3) is 0.0714. The second-order valence-electron chi connectivity index (χ2n) is 3.88. The van der Waals surface area contributed by atoms with E-state index < -0.39 is 5.97 Å². The highest BCUT2D eigenvalue weighted by molar-refractivity contribution is 9.10. The van der Waals surface area contributed by atoms with Crippen LogP contribution in [0.3, 0.4) is 0 Å². The summed E-state index contributed by atoms with van der Waals surface area (Å²) in [6, 6.07) is 13.4. The Morgan fingerprint density at radius 1 is 1.16 bits per heavy atom. The van der Waals surface area contributed by atoms with E-state index in [0.29, 0.717) is 10.6 Å². The van der Waals surface area contributed by atoms with Crippen LogP contribution in [0, 0.1) is 0 Å². The first-order chi connectivity index (χ1) is 9.04. The van der Waals surface area contributed by atoms with Crippen molar-refractivity contribution in [1.82, 2.24) is 0 Å². The molecule has 0 radical (unpaired) electrons. The van der Waals surface area contributed by atoms with Crippen LogP contribution < -0.4 is 0 Å². The van der Waals surface area contributed by atoms with Crippen LogP contribution in [-0.4, -0.2) is 11.1 Å². The summed E-state index contributed by atoms with van der Waals surface area (Å²) in [7, 11) is 0. The number of rotatable bonds is 4. The lowest BCUT2D eigenvalue weighted by Gasteiger charge is -2.05. The molecule has 0 amide bonds. The van der Waals surface area contributed by atoms with Crippen LogP contribution in [0.1, 0.15) is 5.56 Å². The number of carboxylic acid groups (broad SMARTS) is 1. The minimum atomic E-state index is -0.879. The van der Waals surface area contributed by atoms with E-state index in [-0.39, 0.29) is 6.42 Å². The summed E-state index contributed by atoms with van der Waals surface area (Å²) in [5.74, 6) is -0.879. The van der Waals surface area contributed by atoms with Crippen molar-refractivity contribution in [2.24, 2.45) is 0 Å². The van der Waals surface area contributed by atoms with Gasteiger partial charge in [-0.1, -0.05) is 45.4 Å². The molecular weight excluding hydrogens is 348 g/mol. The van der Waals surface area contributed by atoms with Gasteiger partial charge in [-0.05, 0) is 42.0 Å². The topological polar surface area (TPSA) is 37.3 Å². The quantitative estimate of drug-likeness (QED) is 0.847. The predicted octanol–water partition coefficient (Wildman–Crippen LogP) is 4.88. The smallest absolute Gasteiger partial charge is 0.307 e. The van der Waals surface area contributed by atoms with Gasteiger partial charge in [-0.15, -0.1) is 0 Å². The molecule has 0 aliphatic rings. The van der Waals surface area contributed by atoms with E-state index >= 15 is 0 Å². The highest BCUT2D eigenvalue weighted by Gasteiger charge is 2.07. The zero-order valence-corrected chi connectivity index (χ0v) is 12.9. The molecule has 19 heavy (non-hydrogen) atoms. The van der Waals surface area contributed by atoms with Crippen molar-refractivity contribution in [2.75, 3.05) is 0 Å². The Bertz CT molecular complexity index is 599. The third-order valence-corrected chi connectivity index (χ3v) is 4.29. The average Bonchev–Trinajstić information content (AvgIpc) is 2.35. The highest BCUT2D eigenvalue weighted by Crippen LogP contribution is 2.31. The molecule has 0 bridgehead atoms. The standard InChI is InChI=1S/C14H10BrClO2S/c15-10-2-5-11(6-3-10)19-12-4-1-9(7-14(17)18)13(16)8-12/h1-6,8H,7H2,(H,17,18). The third-order valence-electron chi connectivity index (χ3n) is 2.42. The molecule has 0 fully saturated rings. The number of hydrogen-bond acceptors (Lipinski definition) is 2. The summed E-state index contributed by atoms with van der Waals surface area (Å²) in [4.78, 5) is 12.8. The van der Waals surface area contributed by atoms with Crippen molar-refractivity contribution in [1.29, 1.82) is 0 Å². The van der Waals surface area contributed by atoms with E-state index in [1.54, 1.807) is 23.9 Å². The summed E-state index contributed by atoms with van der Waals surface area (Å²) in [6.07, 6.45) is -0.0535. The second kappa shape index (κ2) is 6.46. The van der Waals surface area contributed by atoms with Gasteiger partial charge in [-0.25, -0.2) is 0 Å². The van der Waals surface area contributed by atoms with E-state index in [0.717, 1.165) is 14.3 Å². The van der Waals surface area contributed by atoms with Gasteiger partial charge >= 0.3 is 5.97 Å². The van der Waals surface area contributed by atoms with Gasteiger partial charge in [-0.3, -0.25) is 4.79 Å². The van der Waals surface area contributed by atoms with Crippen LogP contribution in [0.4, 0.5) is 0 Å². The fourth-order valence-electron chi connectivity index (χ4n) is 1.54. The maximum absolute atomic E-state index is 10.7. The second-order valence-corrected chi connectivity index (χ2v) is 6.35. The maximum Gasteiger partial charge on any atom is 0.307 e. The summed E-state index contributed by atoms with van der Waals surface area (Å²) in [6.45, 7) is 0. The first-order valence-electron chi connectivity index (χ1n) is 5.48. The summed E-state index contributed by atoms with van der Waals surface area (Å²) in [5, 5.41) is 9.24. The summed E-state index contributed by atoms with van der Waals surface area (Å²) in [5.41, 5.74) is 0.634. The molecular formula is C14H10BrClO2S. The molecule has 0 saturated heterocycles. The maximum atomic E-state index is 10.7. The molecule has 2 nitrogen and oxygen atoms in total. The summed E-state index contributed by atoms with van der Waals surface area (Å²) >= 11 is 11.1. The lowest BCUT2D eigenvalue weighted by atomic mass is 10.1. The average molecular weight is 358 g/mol. The van der Waals surface area contributed by atoms with Gasteiger partial charge < -0.3 is 5.11 Å². The van der Waals surface area contributed by atoms with Crippen LogP contribution in [0.2, 0.25) is 5.02 Å². The molecule has 2 aromatic rings. The molecule has 0 spiro atoms. The molecule has 0 unspecified atom stereocenters. The van der Waals surface area contributed by atoms with Gasteiger partial charge in [0.05, 0.1) is 6.42 Å². The molecule has 0 heterocycles. The lowest BCUT2D eigenvalue weighted by Crippen LogP contribution is -2.00. The van der Waals surface area contributed by atoms with Crippen LogP contribution in [-0.2, 0) is 11.2 Å². The molecule has 0 aliphatic heterocycles. The Hall–Kier alpha value is -0.970. The van der Waals surface area contributed by atoms with Crippen molar-refractivity contribution in [3.05, 3.63) is 57.5 Å². The van der Waals surface area contributed by atoms with Crippen molar-refractivity contribution in [3.8, 4) is 0 Å². The number of aliphatic carboxylic acids is 1. The van der Waals surface area contributed by atoms with Gasteiger partial charge in [-0.2, -0.15) is 0 Å². The molecule has 0 atom stereocenters. The van der Waals surface area contributed by atoms with Gasteiger partial charge in [0.15, 0.2) is 0 Å². The van der Waals surface area contributed by atoms with E-state index in [2.05, 4.69) is 15.9 Å². The number of carboxylic acids is 1. The molecule has 0 aromatic heterocycles. The van der Waals surface area contributed by atoms with Gasteiger partial charge in [0.25, 0.3) is 0 Å². The van der Waals surface area contributed by atoms with Gasteiger partial charge in [0.2, 0.25) is 0 Å². The number of benzene rings is 2. The normalized spacial score (nSPS) is 10.4. The van der Waals surface area contributed by atoms with E-state index in [4.69, 9.17) is 16.7 Å². The largest absolute Gasteiger partial charge is 0.481 e. The fourth-order valence-corrected chi connectivity index (χ4v) is 2.97. The number of carbonyl (C=O) groups is 1. The predicted molar refractivity (Wildman–Crippen MR) is 81.1 cm³/mol. The van der Waals surface area contributed by atoms with E-state index in [9.17, 15) is 4.79 Å². The molecule has 1 N–H and O–H groups in total. The van der Waals surface area contributed by atoms with E-state index in [1.165, 1.54) is 0 Å². The van der Waals surface area contributed by atoms with Crippen molar-refractivity contribution >= 4 is 45.3 Å². The molecule has 98 valence electrons. The Morgan fingerprint density at radius 3 is 2.37 bits per heavy atom. The number of halogens is 2. The first-order valence-corrected chi connectivity index (χ1v) is 7.47. The first kappa shape index (κ1) is 14.4.